The van der Waals surface area contributed by atoms with E-state index in [1.54, 1.807) is 0 Å². The van der Waals surface area contributed by atoms with Gasteiger partial charge in [-0.1, -0.05) is 25.3 Å². The number of hydrogen-bond acceptors (Lipinski definition) is 1. The number of rotatable bonds is 0. The predicted octanol–water partition coefficient (Wildman–Crippen LogP) is 1.60. The van der Waals surface area contributed by atoms with Gasteiger partial charge in [0.25, 0.3) is 0 Å². The molecule has 54 valence electrons. The highest BCUT2D eigenvalue weighted by Gasteiger charge is 2.25. The monoisotopic (exact) mass is 136 g/mol. The van der Waals surface area contributed by atoms with Gasteiger partial charge in [-0.2, -0.15) is 0 Å². The molecule has 1 aliphatic heterocycles. The van der Waals surface area contributed by atoms with E-state index in [9.17, 15) is 0 Å². The standard InChI is InChI=1S/C9H12O/c1-7(2)4-5-9-8(3)6-10-9/h8-9H,1,6H2,2-3H3. The summed E-state index contributed by atoms with van der Waals surface area (Å²) < 4.78 is 5.18. The van der Waals surface area contributed by atoms with Crippen molar-refractivity contribution in [2.24, 2.45) is 5.92 Å². The predicted molar refractivity (Wildman–Crippen MR) is 41.5 cm³/mol. The summed E-state index contributed by atoms with van der Waals surface area (Å²) in [5.74, 6) is 6.51. The Bertz CT molecular complexity index is 195. The van der Waals surface area contributed by atoms with Crippen LogP contribution in [0.1, 0.15) is 13.8 Å². The minimum atomic E-state index is 0.164. The molecule has 0 radical (unpaired) electrons. The van der Waals surface area contributed by atoms with Crippen LogP contribution in [0.2, 0.25) is 0 Å². The fourth-order valence-corrected chi connectivity index (χ4v) is 0.763. The Hall–Kier alpha value is -0.740. The number of hydrogen-bond donors (Lipinski definition) is 0. The molecule has 1 fully saturated rings. The molecule has 2 atom stereocenters. The first-order valence-electron chi connectivity index (χ1n) is 3.49. The molecule has 0 aromatic rings. The maximum atomic E-state index is 5.18. The minimum Gasteiger partial charge on any atom is -0.365 e. The quantitative estimate of drug-likeness (QED) is 0.460. The van der Waals surface area contributed by atoms with Crippen molar-refractivity contribution in [1.29, 1.82) is 0 Å². The van der Waals surface area contributed by atoms with E-state index in [1.165, 1.54) is 0 Å². The molecule has 1 heterocycles. The fraction of sp³-hybridized carbons (Fsp3) is 0.556. The van der Waals surface area contributed by atoms with Gasteiger partial charge in [0.1, 0.15) is 6.10 Å². The average molecular weight is 136 g/mol. The third-order valence-corrected chi connectivity index (χ3v) is 1.48. The molecule has 1 saturated heterocycles. The molecule has 0 spiro atoms. The van der Waals surface area contributed by atoms with E-state index >= 15 is 0 Å². The van der Waals surface area contributed by atoms with Crippen molar-refractivity contribution >= 4 is 0 Å². The van der Waals surface area contributed by atoms with Crippen molar-refractivity contribution in [2.75, 3.05) is 6.61 Å². The number of ether oxygens (including phenoxy) is 1. The van der Waals surface area contributed by atoms with Crippen LogP contribution < -0.4 is 0 Å². The van der Waals surface area contributed by atoms with Gasteiger partial charge < -0.3 is 4.74 Å². The van der Waals surface area contributed by atoms with Crippen molar-refractivity contribution in [3.63, 3.8) is 0 Å². The summed E-state index contributed by atoms with van der Waals surface area (Å²) >= 11 is 0. The summed E-state index contributed by atoms with van der Waals surface area (Å²) in [6, 6.07) is 0. The largest absolute Gasteiger partial charge is 0.365 e. The molecule has 1 rings (SSSR count). The lowest BCUT2D eigenvalue weighted by atomic mass is 10.0. The van der Waals surface area contributed by atoms with Gasteiger partial charge in [-0.05, 0) is 12.5 Å². The summed E-state index contributed by atoms with van der Waals surface area (Å²) in [7, 11) is 0. The van der Waals surface area contributed by atoms with Gasteiger partial charge in [0.15, 0.2) is 0 Å². The molecular formula is C9H12O. The van der Waals surface area contributed by atoms with Crippen LogP contribution in [0, 0.1) is 17.8 Å². The second-order valence-corrected chi connectivity index (χ2v) is 2.78. The summed E-state index contributed by atoms with van der Waals surface area (Å²) in [5, 5.41) is 0. The topological polar surface area (TPSA) is 9.23 Å². The van der Waals surface area contributed by atoms with Crippen LogP contribution in [-0.4, -0.2) is 12.7 Å². The number of allylic oxidation sites excluding steroid dienone is 1. The van der Waals surface area contributed by atoms with Gasteiger partial charge in [0.05, 0.1) is 6.61 Å². The van der Waals surface area contributed by atoms with Crippen LogP contribution in [0.25, 0.3) is 0 Å². The van der Waals surface area contributed by atoms with E-state index in [4.69, 9.17) is 4.74 Å². The third-order valence-electron chi connectivity index (χ3n) is 1.48. The zero-order chi connectivity index (χ0) is 7.56. The second kappa shape index (κ2) is 2.90. The lowest BCUT2D eigenvalue weighted by Gasteiger charge is -2.29. The molecule has 0 aromatic carbocycles. The molecule has 0 aromatic heterocycles. The Labute approximate surface area is 62.1 Å². The minimum absolute atomic E-state index is 0.164. The Morgan fingerprint density at radius 3 is 2.70 bits per heavy atom. The van der Waals surface area contributed by atoms with E-state index < -0.39 is 0 Å². The summed E-state index contributed by atoms with van der Waals surface area (Å²) in [4.78, 5) is 0. The lowest BCUT2D eigenvalue weighted by molar-refractivity contribution is -0.0697. The van der Waals surface area contributed by atoms with Gasteiger partial charge in [-0.25, -0.2) is 0 Å². The Morgan fingerprint density at radius 1 is 1.70 bits per heavy atom. The SMILES string of the molecule is C=C(C)C#CC1OCC1C. The molecule has 1 aliphatic rings. The Balaban J connectivity index is 2.40. The molecule has 0 bridgehead atoms. The third kappa shape index (κ3) is 1.62. The van der Waals surface area contributed by atoms with Crippen LogP contribution in [0.5, 0.6) is 0 Å². The van der Waals surface area contributed by atoms with Crippen molar-refractivity contribution < 1.29 is 4.74 Å². The molecule has 0 amide bonds. The zero-order valence-electron chi connectivity index (χ0n) is 6.48. The molecule has 10 heavy (non-hydrogen) atoms. The van der Waals surface area contributed by atoms with Crippen LogP contribution in [0.15, 0.2) is 12.2 Å². The molecule has 0 aliphatic carbocycles. The van der Waals surface area contributed by atoms with E-state index in [1.807, 2.05) is 6.92 Å². The Morgan fingerprint density at radius 2 is 2.40 bits per heavy atom. The first-order chi connectivity index (χ1) is 4.70. The van der Waals surface area contributed by atoms with Gasteiger partial charge >= 0.3 is 0 Å². The van der Waals surface area contributed by atoms with Crippen molar-refractivity contribution in [3.05, 3.63) is 12.2 Å². The zero-order valence-corrected chi connectivity index (χ0v) is 6.48. The molecule has 2 unspecified atom stereocenters. The maximum absolute atomic E-state index is 5.18. The van der Waals surface area contributed by atoms with E-state index in [0.717, 1.165) is 12.2 Å². The van der Waals surface area contributed by atoms with E-state index in [0.29, 0.717) is 5.92 Å². The van der Waals surface area contributed by atoms with Crippen LogP contribution >= 0.6 is 0 Å². The van der Waals surface area contributed by atoms with Crippen molar-refractivity contribution in [1.82, 2.24) is 0 Å². The normalized spacial score (nSPS) is 29.8. The molecule has 0 N–H and O–H groups in total. The second-order valence-electron chi connectivity index (χ2n) is 2.78. The highest BCUT2D eigenvalue weighted by Crippen LogP contribution is 2.17. The van der Waals surface area contributed by atoms with Crippen LogP contribution in [0.4, 0.5) is 0 Å². The smallest absolute Gasteiger partial charge is 0.123 e. The highest BCUT2D eigenvalue weighted by atomic mass is 16.5. The van der Waals surface area contributed by atoms with Crippen molar-refractivity contribution in [3.8, 4) is 11.8 Å². The Kier molecular flexibility index (Phi) is 2.13. The van der Waals surface area contributed by atoms with Crippen LogP contribution in [-0.2, 0) is 4.74 Å². The van der Waals surface area contributed by atoms with Gasteiger partial charge in [0.2, 0.25) is 0 Å². The first kappa shape index (κ1) is 7.37. The molecule has 1 heteroatoms. The molecule has 0 saturated carbocycles. The molecule has 1 nitrogen and oxygen atoms in total. The van der Waals surface area contributed by atoms with Crippen LogP contribution in [0.3, 0.4) is 0 Å². The highest BCUT2D eigenvalue weighted by molar-refractivity contribution is 5.25. The maximum Gasteiger partial charge on any atom is 0.123 e. The summed E-state index contributed by atoms with van der Waals surface area (Å²) in [6.07, 6.45) is 0.164. The summed E-state index contributed by atoms with van der Waals surface area (Å²) in [6.45, 7) is 8.58. The van der Waals surface area contributed by atoms with Gasteiger partial charge in [-0.3, -0.25) is 0 Å². The fourth-order valence-electron chi connectivity index (χ4n) is 0.763. The lowest BCUT2D eigenvalue weighted by Crippen LogP contribution is -2.36. The van der Waals surface area contributed by atoms with E-state index in [-0.39, 0.29) is 6.10 Å². The van der Waals surface area contributed by atoms with Gasteiger partial charge in [0, 0.05) is 5.92 Å². The summed E-state index contributed by atoms with van der Waals surface area (Å²) in [5.41, 5.74) is 0.905. The first-order valence-corrected chi connectivity index (χ1v) is 3.49. The molecular weight excluding hydrogens is 124 g/mol. The average Bonchev–Trinajstić information content (AvgIpc) is 1.84. The van der Waals surface area contributed by atoms with E-state index in [2.05, 4.69) is 25.3 Å². The van der Waals surface area contributed by atoms with Gasteiger partial charge in [-0.15, -0.1) is 0 Å². The van der Waals surface area contributed by atoms with Crippen molar-refractivity contribution in [2.45, 2.75) is 20.0 Å².